The molecule has 0 atom stereocenters. The van der Waals surface area contributed by atoms with Crippen molar-refractivity contribution in [3.63, 3.8) is 0 Å². The number of benzene rings is 1. The van der Waals surface area contributed by atoms with Gasteiger partial charge >= 0.3 is 0 Å². The maximum absolute atomic E-state index is 12.0. The number of amides is 1. The van der Waals surface area contributed by atoms with Crippen LogP contribution >= 0.6 is 28.1 Å². The van der Waals surface area contributed by atoms with Crippen LogP contribution in [0.5, 0.6) is 0 Å². The molecule has 18 heavy (non-hydrogen) atoms. The van der Waals surface area contributed by atoms with Crippen LogP contribution in [-0.2, 0) is 11.3 Å². The van der Waals surface area contributed by atoms with Gasteiger partial charge < -0.3 is 14.5 Å². The fourth-order valence-electron chi connectivity index (χ4n) is 1.72. The van der Waals surface area contributed by atoms with E-state index in [1.54, 1.807) is 11.9 Å². The highest BCUT2D eigenvalue weighted by Crippen LogP contribution is 2.19. The Kier molecular flexibility index (Phi) is 3.87. The molecule has 0 spiro atoms. The molecular formula is C12H14BrN3OS. The number of aromatic amines is 1. The van der Waals surface area contributed by atoms with E-state index in [0.717, 1.165) is 15.5 Å². The van der Waals surface area contributed by atoms with E-state index in [-0.39, 0.29) is 12.5 Å². The molecule has 4 nitrogen and oxygen atoms in total. The van der Waals surface area contributed by atoms with Crippen LogP contribution in [0.1, 0.15) is 6.92 Å². The highest BCUT2D eigenvalue weighted by atomic mass is 79.9. The van der Waals surface area contributed by atoms with Crippen LogP contribution < -0.4 is 0 Å². The number of aromatic nitrogens is 2. The third-order valence-corrected chi connectivity index (χ3v) is 3.75. The summed E-state index contributed by atoms with van der Waals surface area (Å²) >= 11 is 8.69. The van der Waals surface area contributed by atoms with Gasteiger partial charge in [0.2, 0.25) is 5.91 Å². The minimum absolute atomic E-state index is 0.0504. The number of likely N-dealkylation sites (N-methyl/N-ethyl adjacent to an activating group) is 1. The van der Waals surface area contributed by atoms with Crippen molar-refractivity contribution in [3.8, 4) is 0 Å². The molecule has 1 heterocycles. The zero-order valence-corrected chi connectivity index (χ0v) is 12.6. The second kappa shape index (κ2) is 5.24. The van der Waals surface area contributed by atoms with E-state index in [4.69, 9.17) is 12.2 Å². The first-order chi connectivity index (χ1) is 8.52. The lowest BCUT2D eigenvalue weighted by Crippen LogP contribution is -2.29. The zero-order valence-electron chi connectivity index (χ0n) is 10.2. The molecular weight excluding hydrogens is 314 g/mol. The van der Waals surface area contributed by atoms with Crippen molar-refractivity contribution < 1.29 is 4.79 Å². The number of fused-ring (bicyclic) bond motifs is 1. The molecule has 96 valence electrons. The van der Waals surface area contributed by atoms with Gasteiger partial charge in [-0.05, 0) is 37.3 Å². The number of carbonyl (C=O) groups is 1. The lowest BCUT2D eigenvalue weighted by Gasteiger charge is -2.15. The average molecular weight is 328 g/mol. The number of carbonyl (C=O) groups excluding carboxylic acids is 1. The number of hydrogen-bond donors (Lipinski definition) is 1. The predicted octanol–water partition coefficient (Wildman–Crippen LogP) is 2.94. The molecule has 2 aromatic rings. The predicted molar refractivity (Wildman–Crippen MR) is 78.1 cm³/mol. The molecule has 6 heteroatoms. The summed E-state index contributed by atoms with van der Waals surface area (Å²) in [6.45, 7) is 2.90. The van der Waals surface area contributed by atoms with Gasteiger partial charge in [-0.25, -0.2) is 0 Å². The van der Waals surface area contributed by atoms with E-state index in [2.05, 4.69) is 20.9 Å². The van der Waals surface area contributed by atoms with Crippen molar-refractivity contribution in [2.75, 3.05) is 13.6 Å². The zero-order chi connectivity index (χ0) is 13.3. The molecule has 1 amide bonds. The summed E-state index contributed by atoms with van der Waals surface area (Å²) in [5.74, 6) is 0.0504. The van der Waals surface area contributed by atoms with Crippen LogP contribution in [0.3, 0.4) is 0 Å². The highest BCUT2D eigenvalue weighted by molar-refractivity contribution is 9.10. The van der Waals surface area contributed by atoms with Crippen LogP contribution in [0.2, 0.25) is 0 Å². The van der Waals surface area contributed by atoms with Gasteiger partial charge in [0, 0.05) is 18.1 Å². The summed E-state index contributed by atoms with van der Waals surface area (Å²) in [7, 11) is 1.79. The minimum atomic E-state index is 0.0504. The van der Waals surface area contributed by atoms with Gasteiger partial charge in [0.15, 0.2) is 4.77 Å². The van der Waals surface area contributed by atoms with E-state index < -0.39 is 0 Å². The van der Waals surface area contributed by atoms with Crippen LogP contribution in [0.4, 0.5) is 0 Å². The van der Waals surface area contributed by atoms with Crippen molar-refractivity contribution in [2.24, 2.45) is 0 Å². The summed E-state index contributed by atoms with van der Waals surface area (Å²) in [6.07, 6.45) is 0. The molecule has 0 bridgehead atoms. The lowest BCUT2D eigenvalue weighted by molar-refractivity contribution is -0.130. The fourth-order valence-corrected chi connectivity index (χ4v) is 2.34. The first-order valence-electron chi connectivity index (χ1n) is 5.65. The number of rotatable bonds is 3. The third kappa shape index (κ3) is 2.49. The van der Waals surface area contributed by atoms with Gasteiger partial charge in [0.1, 0.15) is 6.54 Å². The van der Waals surface area contributed by atoms with Crippen LogP contribution in [0.15, 0.2) is 22.7 Å². The molecule has 0 aliphatic rings. The molecule has 0 fully saturated rings. The van der Waals surface area contributed by atoms with Crippen molar-refractivity contribution >= 4 is 45.1 Å². The Morgan fingerprint density at radius 2 is 2.28 bits per heavy atom. The molecule has 1 aromatic heterocycles. The highest BCUT2D eigenvalue weighted by Gasteiger charge is 2.11. The van der Waals surface area contributed by atoms with Crippen LogP contribution in [0, 0.1) is 4.77 Å². The molecule has 0 unspecified atom stereocenters. The Morgan fingerprint density at radius 3 is 2.94 bits per heavy atom. The van der Waals surface area contributed by atoms with Crippen LogP contribution in [0.25, 0.3) is 11.0 Å². The van der Waals surface area contributed by atoms with E-state index >= 15 is 0 Å². The van der Waals surface area contributed by atoms with Crippen molar-refractivity contribution in [1.82, 2.24) is 14.5 Å². The maximum Gasteiger partial charge on any atom is 0.242 e. The number of nitrogens with zero attached hydrogens (tertiary/aromatic N) is 2. The van der Waals surface area contributed by atoms with Gasteiger partial charge in [-0.2, -0.15) is 0 Å². The molecule has 0 saturated heterocycles. The van der Waals surface area contributed by atoms with Gasteiger partial charge in [-0.15, -0.1) is 0 Å². The minimum Gasteiger partial charge on any atom is -0.344 e. The van der Waals surface area contributed by atoms with Crippen LogP contribution in [-0.4, -0.2) is 34.0 Å². The van der Waals surface area contributed by atoms with E-state index in [9.17, 15) is 4.79 Å². The normalized spacial score (nSPS) is 10.8. The number of H-pyrrole nitrogens is 1. The average Bonchev–Trinajstić information content (AvgIpc) is 2.65. The number of imidazole rings is 1. The molecule has 2 rings (SSSR count). The lowest BCUT2D eigenvalue weighted by atomic mass is 10.3. The Morgan fingerprint density at radius 1 is 1.56 bits per heavy atom. The van der Waals surface area contributed by atoms with Gasteiger partial charge in [-0.3, -0.25) is 4.79 Å². The number of halogens is 1. The summed E-state index contributed by atoms with van der Waals surface area (Å²) < 4.78 is 3.36. The molecule has 0 radical (unpaired) electrons. The second-order valence-corrected chi connectivity index (χ2v) is 5.39. The third-order valence-electron chi connectivity index (χ3n) is 2.93. The van der Waals surface area contributed by atoms with Gasteiger partial charge in [0.05, 0.1) is 11.0 Å². The van der Waals surface area contributed by atoms with E-state index in [0.29, 0.717) is 11.3 Å². The van der Waals surface area contributed by atoms with E-state index in [1.165, 1.54) is 0 Å². The molecule has 0 aliphatic heterocycles. The summed E-state index contributed by atoms with van der Waals surface area (Å²) in [4.78, 5) is 16.7. The summed E-state index contributed by atoms with van der Waals surface area (Å²) in [5.41, 5.74) is 1.88. The molecule has 0 saturated carbocycles. The first-order valence-corrected chi connectivity index (χ1v) is 6.85. The summed E-state index contributed by atoms with van der Waals surface area (Å²) in [6, 6.07) is 5.85. The molecule has 0 aliphatic carbocycles. The maximum atomic E-state index is 12.0. The number of nitrogens with one attached hydrogen (secondary N) is 1. The topological polar surface area (TPSA) is 41.0 Å². The summed E-state index contributed by atoms with van der Waals surface area (Å²) in [5, 5.41) is 0. The monoisotopic (exact) mass is 327 g/mol. The standard InChI is InChI=1S/C12H14BrN3OS/c1-3-15(2)11(17)7-16-10-6-8(13)4-5-9(10)14-12(16)18/h4-6H,3,7H2,1-2H3,(H,14,18). The quantitative estimate of drug-likeness (QED) is 0.880. The van der Waals surface area contributed by atoms with Crippen molar-refractivity contribution in [1.29, 1.82) is 0 Å². The smallest absolute Gasteiger partial charge is 0.242 e. The SMILES string of the molecule is CCN(C)C(=O)Cn1c(=S)[nH]c2ccc(Br)cc21. The van der Waals surface area contributed by atoms with Gasteiger partial charge in [-0.1, -0.05) is 15.9 Å². The van der Waals surface area contributed by atoms with Gasteiger partial charge in [0.25, 0.3) is 0 Å². The Balaban J connectivity index is 2.44. The molecule has 1 N–H and O–H groups in total. The Labute approximate surface area is 119 Å². The Hall–Kier alpha value is -1.14. The first kappa shape index (κ1) is 13.3. The largest absolute Gasteiger partial charge is 0.344 e. The Bertz CT molecular complexity index is 646. The fraction of sp³-hybridized carbons (Fsp3) is 0.333. The molecule has 1 aromatic carbocycles. The van der Waals surface area contributed by atoms with E-state index in [1.807, 2.05) is 29.7 Å². The van der Waals surface area contributed by atoms with Crippen molar-refractivity contribution in [2.45, 2.75) is 13.5 Å². The van der Waals surface area contributed by atoms with Crippen molar-refractivity contribution in [3.05, 3.63) is 27.4 Å². The number of hydrogen-bond acceptors (Lipinski definition) is 2. The second-order valence-electron chi connectivity index (χ2n) is 4.09.